The number of amides is 1. The number of nitrogens with one attached hydrogen (secondary N) is 1. The fraction of sp³-hybridized carbons (Fsp3) is 0.462. The molecule has 1 radical (unpaired) electrons. The lowest BCUT2D eigenvalue weighted by atomic mass is 9.96. The predicted octanol–water partition coefficient (Wildman–Crippen LogP) is 2.91. The Kier molecular flexibility index (Phi) is 3.81. The first-order chi connectivity index (χ1) is 7.84. The van der Waals surface area contributed by atoms with E-state index in [2.05, 4.69) is 11.4 Å². The molecule has 2 rings (SSSR count). The Bertz CT molecular complexity index is 331. The molecule has 1 amide bonds. The number of para-hydroxylation sites is 1. The third kappa shape index (κ3) is 3.26. The highest BCUT2D eigenvalue weighted by molar-refractivity contribution is 5.70. The van der Waals surface area contributed by atoms with Crippen LogP contribution in [0.5, 0.6) is 5.75 Å². The Morgan fingerprint density at radius 2 is 2.12 bits per heavy atom. The lowest BCUT2D eigenvalue weighted by Crippen LogP contribution is -2.37. The Morgan fingerprint density at radius 1 is 1.31 bits per heavy atom. The van der Waals surface area contributed by atoms with E-state index in [0.717, 1.165) is 12.8 Å². The quantitative estimate of drug-likeness (QED) is 0.828. The molecule has 0 aromatic heterocycles. The van der Waals surface area contributed by atoms with E-state index >= 15 is 0 Å². The highest BCUT2D eigenvalue weighted by atomic mass is 16.6. The van der Waals surface area contributed by atoms with Crippen LogP contribution >= 0.6 is 0 Å². The highest BCUT2D eigenvalue weighted by Gasteiger charge is 2.16. The number of hydrogen-bond donors (Lipinski definition) is 1. The molecular formula is C13H16NO2. The third-order valence-corrected chi connectivity index (χ3v) is 2.81. The smallest absolute Gasteiger partial charge is 0.410 e. The first-order valence-corrected chi connectivity index (χ1v) is 5.79. The summed E-state index contributed by atoms with van der Waals surface area (Å²) in [6.45, 7) is 0. The van der Waals surface area contributed by atoms with Gasteiger partial charge >= 0.3 is 6.09 Å². The minimum atomic E-state index is -0.366. The molecule has 1 N–H and O–H groups in total. The highest BCUT2D eigenvalue weighted by Crippen LogP contribution is 2.17. The molecule has 1 aromatic rings. The molecule has 0 atom stereocenters. The molecule has 1 aliphatic rings. The van der Waals surface area contributed by atoms with Gasteiger partial charge in [0.15, 0.2) is 0 Å². The SMILES string of the molecule is O=C(NC1CCCCC1)Oc1[c]cccc1. The van der Waals surface area contributed by atoms with Crippen LogP contribution in [0.25, 0.3) is 0 Å². The standard InChI is InChI=1S/C13H16NO2/c15-13(14-11-7-3-1-4-8-11)16-12-9-5-2-6-10-12/h2,5-6,9,11H,1,3-4,7-8H2,(H,14,15). The summed E-state index contributed by atoms with van der Waals surface area (Å²) in [5, 5.41) is 2.89. The summed E-state index contributed by atoms with van der Waals surface area (Å²) in [6.07, 6.45) is 5.43. The van der Waals surface area contributed by atoms with Crippen molar-refractivity contribution in [1.82, 2.24) is 5.32 Å². The van der Waals surface area contributed by atoms with Gasteiger partial charge in [0.25, 0.3) is 0 Å². The monoisotopic (exact) mass is 218 g/mol. The summed E-state index contributed by atoms with van der Waals surface area (Å²) in [5.41, 5.74) is 0. The van der Waals surface area contributed by atoms with Gasteiger partial charge in [0.2, 0.25) is 0 Å². The van der Waals surface area contributed by atoms with Crippen molar-refractivity contribution in [3.63, 3.8) is 0 Å². The Morgan fingerprint density at radius 3 is 2.81 bits per heavy atom. The van der Waals surface area contributed by atoms with Gasteiger partial charge in [-0.3, -0.25) is 0 Å². The molecule has 16 heavy (non-hydrogen) atoms. The average Bonchev–Trinajstić information content (AvgIpc) is 2.31. The third-order valence-electron chi connectivity index (χ3n) is 2.81. The molecule has 0 unspecified atom stereocenters. The largest absolute Gasteiger partial charge is 0.412 e. The van der Waals surface area contributed by atoms with Crippen LogP contribution in [0.3, 0.4) is 0 Å². The van der Waals surface area contributed by atoms with Crippen molar-refractivity contribution in [2.24, 2.45) is 0 Å². The summed E-state index contributed by atoms with van der Waals surface area (Å²) in [5.74, 6) is 0.468. The molecule has 1 saturated carbocycles. The fourth-order valence-electron chi connectivity index (χ4n) is 1.98. The number of benzene rings is 1. The van der Waals surface area contributed by atoms with Gasteiger partial charge in [-0.05, 0) is 18.9 Å². The second-order valence-corrected chi connectivity index (χ2v) is 4.10. The molecular weight excluding hydrogens is 202 g/mol. The van der Waals surface area contributed by atoms with Crippen molar-refractivity contribution < 1.29 is 9.53 Å². The van der Waals surface area contributed by atoms with E-state index in [9.17, 15) is 4.79 Å². The van der Waals surface area contributed by atoms with Crippen LogP contribution in [0.1, 0.15) is 32.1 Å². The summed E-state index contributed by atoms with van der Waals surface area (Å²) in [6, 6.07) is 10.2. The van der Waals surface area contributed by atoms with Crippen LogP contribution in [0.4, 0.5) is 4.79 Å². The molecule has 3 heteroatoms. The normalized spacial score (nSPS) is 16.8. The number of carbonyl (C=O) groups is 1. The molecule has 1 aromatic carbocycles. The van der Waals surface area contributed by atoms with Gasteiger partial charge in [-0.2, -0.15) is 0 Å². The van der Waals surface area contributed by atoms with Crippen LogP contribution in [0, 0.1) is 6.07 Å². The maximum absolute atomic E-state index is 11.5. The molecule has 0 aliphatic heterocycles. The zero-order valence-electron chi connectivity index (χ0n) is 9.24. The van der Waals surface area contributed by atoms with Gasteiger partial charge < -0.3 is 10.1 Å². The molecule has 1 fully saturated rings. The van der Waals surface area contributed by atoms with E-state index in [1.807, 2.05) is 12.1 Å². The maximum atomic E-state index is 11.5. The molecule has 85 valence electrons. The zero-order chi connectivity index (χ0) is 11.2. The van der Waals surface area contributed by atoms with E-state index < -0.39 is 0 Å². The van der Waals surface area contributed by atoms with Crippen molar-refractivity contribution in [3.8, 4) is 5.75 Å². The van der Waals surface area contributed by atoms with Gasteiger partial charge in [-0.15, -0.1) is 0 Å². The lowest BCUT2D eigenvalue weighted by Gasteiger charge is -2.22. The van der Waals surface area contributed by atoms with Crippen molar-refractivity contribution in [3.05, 3.63) is 30.3 Å². The molecule has 1 aliphatic carbocycles. The van der Waals surface area contributed by atoms with Gasteiger partial charge in [0.1, 0.15) is 5.75 Å². The first kappa shape index (κ1) is 11.0. The van der Waals surface area contributed by atoms with E-state index in [-0.39, 0.29) is 12.1 Å². The van der Waals surface area contributed by atoms with Crippen molar-refractivity contribution in [1.29, 1.82) is 0 Å². The van der Waals surface area contributed by atoms with Gasteiger partial charge in [-0.1, -0.05) is 37.5 Å². The van der Waals surface area contributed by atoms with Crippen molar-refractivity contribution in [2.75, 3.05) is 0 Å². The number of rotatable bonds is 2. The second-order valence-electron chi connectivity index (χ2n) is 4.10. The van der Waals surface area contributed by atoms with Crippen LogP contribution in [-0.2, 0) is 0 Å². The Balaban J connectivity index is 1.80. The molecule has 3 nitrogen and oxygen atoms in total. The van der Waals surface area contributed by atoms with Crippen LogP contribution in [-0.4, -0.2) is 12.1 Å². The number of ether oxygens (including phenoxy) is 1. The van der Waals surface area contributed by atoms with E-state index in [1.54, 1.807) is 12.1 Å². The second kappa shape index (κ2) is 5.54. The maximum Gasteiger partial charge on any atom is 0.412 e. The van der Waals surface area contributed by atoms with Crippen LogP contribution < -0.4 is 10.1 Å². The first-order valence-electron chi connectivity index (χ1n) is 5.79. The molecule has 0 heterocycles. The van der Waals surface area contributed by atoms with Gasteiger partial charge in [-0.25, -0.2) is 4.79 Å². The minimum Gasteiger partial charge on any atom is -0.410 e. The molecule has 0 saturated heterocycles. The topological polar surface area (TPSA) is 38.3 Å². The van der Waals surface area contributed by atoms with Crippen molar-refractivity contribution in [2.45, 2.75) is 38.1 Å². The zero-order valence-corrected chi connectivity index (χ0v) is 9.24. The lowest BCUT2D eigenvalue weighted by molar-refractivity contribution is 0.192. The Hall–Kier alpha value is -1.51. The van der Waals surface area contributed by atoms with Gasteiger partial charge in [0, 0.05) is 12.1 Å². The van der Waals surface area contributed by atoms with Crippen LogP contribution in [0.2, 0.25) is 0 Å². The van der Waals surface area contributed by atoms with E-state index in [1.165, 1.54) is 19.3 Å². The van der Waals surface area contributed by atoms with Crippen molar-refractivity contribution >= 4 is 6.09 Å². The summed E-state index contributed by atoms with van der Waals surface area (Å²) in [4.78, 5) is 11.5. The number of carbonyl (C=O) groups excluding carboxylic acids is 1. The molecule has 0 bridgehead atoms. The number of hydrogen-bond acceptors (Lipinski definition) is 2. The predicted molar refractivity (Wildman–Crippen MR) is 61.3 cm³/mol. The minimum absolute atomic E-state index is 0.282. The van der Waals surface area contributed by atoms with E-state index in [4.69, 9.17) is 4.74 Å². The van der Waals surface area contributed by atoms with Gasteiger partial charge in [0.05, 0.1) is 0 Å². The summed E-state index contributed by atoms with van der Waals surface area (Å²) >= 11 is 0. The summed E-state index contributed by atoms with van der Waals surface area (Å²) < 4.78 is 5.11. The fourth-order valence-corrected chi connectivity index (χ4v) is 1.98. The molecule has 0 spiro atoms. The van der Waals surface area contributed by atoms with E-state index in [0.29, 0.717) is 5.75 Å². The average molecular weight is 218 g/mol. The summed E-state index contributed by atoms with van der Waals surface area (Å²) in [7, 11) is 0. The van der Waals surface area contributed by atoms with Crippen LogP contribution in [0.15, 0.2) is 24.3 Å². The Labute approximate surface area is 95.8 Å².